The van der Waals surface area contributed by atoms with E-state index in [1.807, 2.05) is 30.3 Å². The topological polar surface area (TPSA) is 43.4 Å². The van der Waals surface area contributed by atoms with Crippen LogP contribution in [-0.4, -0.2) is 11.9 Å². The third-order valence-corrected chi connectivity index (χ3v) is 2.68. The Hall–Kier alpha value is -2.42. The lowest BCUT2D eigenvalue weighted by atomic mass is 10.1. The molecule has 2 aromatic rings. The molecule has 0 aromatic heterocycles. The van der Waals surface area contributed by atoms with Gasteiger partial charge in [-0.3, -0.25) is 4.79 Å². The summed E-state index contributed by atoms with van der Waals surface area (Å²) in [6.07, 6.45) is 0.768. The lowest BCUT2D eigenvalue weighted by Crippen LogP contribution is -2.13. The largest absolute Gasteiger partial charge is 0.389 e. The predicted molar refractivity (Wildman–Crippen MR) is 71.6 cm³/mol. The molecule has 3 nitrogen and oxygen atoms in total. The number of hydrogen-bond donors (Lipinski definition) is 0. The number of carbonyl (C=O) groups excluding carboxylic acids is 2. The van der Waals surface area contributed by atoms with Crippen molar-refractivity contribution in [2.45, 2.75) is 12.8 Å². The maximum atomic E-state index is 11.6. The zero-order valence-electron chi connectivity index (χ0n) is 10.4. The quantitative estimate of drug-likeness (QED) is 0.622. The van der Waals surface area contributed by atoms with Crippen LogP contribution in [0.5, 0.6) is 0 Å². The molecule has 0 amide bonds. The van der Waals surface area contributed by atoms with Gasteiger partial charge in [0.1, 0.15) is 0 Å². The summed E-state index contributed by atoms with van der Waals surface area (Å²) < 4.78 is 4.78. The molecule has 96 valence electrons. The first-order chi connectivity index (χ1) is 9.25. The molecular weight excluding hydrogens is 240 g/mol. The number of hydrogen-bond acceptors (Lipinski definition) is 3. The van der Waals surface area contributed by atoms with Crippen LogP contribution in [0.4, 0.5) is 0 Å². The fourth-order valence-corrected chi connectivity index (χ4v) is 1.68. The molecule has 0 saturated heterocycles. The van der Waals surface area contributed by atoms with Crippen molar-refractivity contribution >= 4 is 11.9 Å². The van der Waals surface area contributed by atoms with Crippen molar-refractivity contribution in [2.75, 3.05) is 0 Å². The van der Waals surface area contributed by atoms with Crippen LogP contribution in [0.25, 0.3) is 0 Å². The highest BCUT2D eigenvalue weighted by Gasteiger charge is 2.12. The number of aryl methyl sites for hydroxylation is 1. The summed E-state index contributed by atoms with van der Waals surface area (Å²) in [5, 5.41) is 0. The van der Waals surface area contributed by atoms with Gasteiger partial charge >= 0.3 is 11.9 Å². The Morgan fingerprint density at radius 1 is 0.842 bits per heavy atom. The molecule has 0 heterocycles. The summed E-state index contributed by atoms with van der Waals surface area (Å²) in [6, 6.07) is 18.1. The molecule has 3 heteroatoms. The molecule has 19 heavy (non-hydrogen) atoms. The van der Waals surface area contributed by atoms with E-state index in [9.17, 15) is 9.59 Å². The lowest BCUT2D eigenvalue weighted by molar-refractivity contribution is -0.137. The summed E-state index contributed by atoms with van der Waals surface area (Å²) >= 11 is 0. The number of ether oxygens (including phenoxy) is 1. The lowest BCUT2D eigenvalue weighted by Gasteiger charge is -2.03. The number of carbonyl (C=O) groups is 2. The van der Waals surface area contributed by atoms with Crippen molar-refractivity contribution in [1.29, 1.82) is 0 Å². The van der Waals surface area contributed by atoms with E-state index < -0.39 is 11.9 Å². The predicted octanol–water partition coefficient (Wildman–Crippen LogP) is 3.00. The molecule has 0 fully saturated rings. The van der Waals surface area contributed by atoms with E-state index in [1.165, 1.54) is 0 Å². The first-order valence-corrected chi connectivity index (χ1v) is 6.09. The summed E-state index contributed by atoms with van der Waals surface area (Å²) in [5.41, 5.74) is 1.43. The van der Waals surface area contributed by atoms with Gasteiger partial charge in [-0.25, -0.2) is 4.79 Å². The highest BCUT2D eigenvalue weighted by molar-refractivity contribution is 5.96. The van der Waals surface area contributed by atoms with Crippen LogP contribution in [0.2, 0.25) is 0 Å². The van der Waals surface area contributed by atoms with E-state index in [2.05, 4.69) is 0 Å². The first-order valence-electron chi connectivity index (χ1n) is 6.09. The Kier molecular flexibility index (Phi) is 4.45. The van der Waals surface area contributed by atoms with Crippen LogP contribution in [0.15, 0.2) is 60.7 Å². The maximum Gasteiger partial charge on any atom is 0.345 e. The van der Waals surface area contributed by atoms with Crippen LogP contribution in [0, 0.1) is 0 Å². The van der Waals surface area contributed by atoms with Crippen LogP contribution < -0.4 is 0 Å². The zero-order chi connectivity index (χ0) is 13.5. The standard InChI is InChI=1S/C16H14O3/c17-15(12-11-13-7-3-1-4-8-13)19-16(18)14-9-5-2-6-10-14/h1-10H,11-12H2. The van der Waals surface area contributed by atoms with Crippen LogP contribution in [0.1, 0.15) is 22.3 Å². The van der Waals surface area contributed by atoms with E-state index in [0.717, 1.165) is 5.56 Å². The summed E-state index contributed by atoms with van der Waals surface area (Å²) in [6.45, 7) is 0. The van der Waals surface area contributed by atoms with Crippen molar-refractivity contribution in [3.8, 4) is 0 Å². The van der Waals surface area contributed by atoms with Crippen LogP contribution in [-0.2, 0) is 16.0 Å². The van der Waals surface area contributed by atoms with Crippen LogP contribution >= 0.6 is 0 Å². The molecule has 0 radical (unpaired) electrons. The average molecular weight is 254 g/mol. The summed E-state index contributed by atoms with van der Waals surface area (Å²) in [7, 11) is 0. The van der Waals surface area contributed by atoms with Gasteiger partial charge < -0.3 is 4.74 Å². The summed E-state index contributed by atoms with van der Waals surface area (Å²) in [5.74, 6) is -1.10. The third-order valence-electron chi connectivity index (χ3n) is 2.68. The van der Waals surface area contributed by atoms with E-state index in [1.54, 1.807) is 30.3 Å². The third kappa shape index (κ3) is 4.07. The van der Waals surface area contributed by atoms with Crippen molar-refractivity contribution in [2.24, 2.45) is 0 Å². The molecule has 0 N–H and O–H groups in total. The van der Waals surface area contributed by atoms with Crippen LogP contribution in [0.3, 0.4) is 0 Å². The molecule has 2 rings (SSSR count). The molecule has 0 aliphatic rings. The fraction of sp³-hybridized carbons (Fsp3) is 0.125. The molecule has 0 atom stereocenters. The number of esters is 2. The van der Waals surface area contributed by atoms with Crippen molar-refractivity contribution < 1.29 is 14.3 Å². The molecule has 0 aliphatic heterocycles. The Morgan fingerprint density at radius 3 is 2.05 bits per heavy atom. The first kappa shape index (κ1) is 13.0. The van der Waals surface area contributed by atoms with E-state index >= 15 is 0 Å². The maximum absolute atomic E-state index is 11.6. The second-order valence-electron chi connectivity index (χ2n) is 4.11. The second kappa shape index (κ2) is 6.50. The molecular formula is C16H14O3. The minimum atomic E-state index is -0.598. The van der Waals surface area contributed by atoms with Gasteiger partial charge in [-0.05, 0) is 24.1 Å². The van der Waals surface area contributed by atoms with Crippen molar-refractivity contribution in [3.05, 3.63) is 71.8 Å². The van der Waals surface area contributed by atoms with Gasteiger partial charge in [0.25, 0.3) is 0 Å². The molecule has 0 bridgehead atoms. The molecule has 0 saturated carbocycles. The Morgan fingerprint density at radius 2 is 1.42 bits per heavy atom. The van der Waals surface area contributed by atoms with E-state index in [4.69, 9.17) is 4.74 Å². The van der Waals surface area contributed by atoms with Gasteiger partial charge in [-0.1, -0.05) is 48.5 Å². The van der Waals surface area contributed by atoms with Gasteiger partial charge in [-0.15, -0.1) is 0 Å². The highest BCUT2D eigenvalue weighted by atomic mass is 16.6. The Bertz CT molecular complexity index is 547. The minimum Gasteiger partial charge on any atom is -0.389 e. The summed E-state index contributed by atoms with van der Waals surface area (Å²) in [4.78, 5) is 23.2. The van der Waals surface area contributed by atoms with Crippen molar-refractivity contribution in [1.82, 2.24) is 0 Å². The Balaban J connectivity index is 1.83. The average Bonchev–Trinajstić information content (AvgIpc) is 2.47. The van der Waals surface area contributed by atoms with Gasteiger partial charge in [0, 0.05) is 0 Å². The minimum absolute atomic E-state index is 0.197. The van der Waals surface area contributed by atoms with Gasteiger partial charge in [0.05, 0.1) is 12.0 Å². The highest BCUT2D eigenvalue weighted by Crippen LogP contribution is 2.06. The Labute approximate surface area is 111 Å². The fourth-order valence-electron chi connectivity index (χ4n) is 1.68. The van der Waals surface area contributed by atoms with Gasteiger partial charge in [-0.2, -0.15) is 0 Å². The SMILES string of the molecule is O=C(CCc1ccccc1)OC(=O)c1ccccc1. The van der Waals surface area contributed by atoms with Gasteiger partial charge in [0.15, 0.2) is 0 Å². The molecule has 2 aromatic carbocycles. The number of rotatable bonds is 4. The molecule has 0 unspecified atom stereocenters. The molecule has 0 aliphatic carbocycles. The van der Waals surface area contributed by atoms with E-state index in [0.29, 0.717) is 12.0 Å². The second-order valence-corrected chi connectivity index (χ2v) is 4.11. The van der Waals surface area contributed by atoms with Gasteiger partial charge in [0.2, 0.25) is 0 Å². The normalized spacial score (nSPS) is 9.89. The smallest absolute Gasteiger partial charge is 0.345 e. The molecule has 0 spiro atoms. The van der Waals surface area contributed by atoms with Crippen molar-refractivity contribution in [3.63, 3.8) is 0 Å². The zero-order valence-corrected chi connectivity index (χ0v) is 10.4. The van der Waals surface area contributed by atoms with E-state index in [-0.39, 0.29) is 6.42 Å². The number of benzene rings is 2. The monoisotopic (exact) mass is 254 g/mol.